The Labute approximate surface area is 127 Å². The van der Waals surface area contributed by atoms with Crippen LogP contribution in [0.3, 0.4) is 0 Å². The van der Waals surface area contributed by atoms with Crippen molar-refractivity contribution in [2.45, 2.75) is 23.4 Å². The van der Waals surface area contributed by atoms with E-state index in [4.69, 9.17) is 0 Å². The molecule has 2 aromatic rings. The number of ether oxygens (including phenoxy) is 1. The molecule has 1 saturated carbocycles. The van der Waals surface area contributed by atoms with Crippen LogP contribution in [-0.2, 0) is 16.6 Å². The predicted molar refractivity (Wildman–Crippen MR) is 80.3 cm³/mol. The van der Waals surface area contributed by atoms with Gasteiger partial charge in [-0.1, -0.05) is 42.1 Å². The molecule has 0 radical (unpaired) electrons. The number of carbonyl (C=O) groups is 1. The highest BCUT2D eigenvalue weighted by Gasteiger charge is 2.42. The molecule has 6 heteroatoms. The zero-order valence-corrected chi connectivity index (χ0v) is 12.8. The van der Waals surface area contributed by atoms with Gasteiger partial charge in [0.05, 0.1) is 12.9 Å². The number of methoxy groups -OCH3 is 1. The van der Waals surface area contributed by atoms with Crippen molar-refractivity contribution in [2.24, 2.45) is 7.05 Å². The number of aromatic nitrogens is 3. The first-order valence-electron chi connectivity index (χ1n) is 6.84. The molecule has 1 aromatic heterocycles. The van der Waals surface area contributed by atoms with E-state index in [1.807, 2.05) is 17.7 Å². The van der Waals surface area contributed by atoms with E-state index in [1.54, 1.807) is 0 Å². The number of benzene rings is 1. The van der Waals surface area contributed by atoms with E-state index >= 15 is 0 Å². The topological polar surface area (TPSA) is 57.0 Å². The summed E-state index contributed by atoms with van der Waals surface area (Å²) < 4.78 is 6.62. The molecule has 0 bridgehead atoms. The third-order valence-corrected chi connectivity index (χ3v) is 4.76. The van der Waals surface area contributed by atoms with Crippen molar-refractivity contribution in [1.82, 2.24) is 14.8 Å². The molecule has 2 unspecified atom stereocenters. The minimum Gasteiger partial charge on any atom is -0.468 e. The Morgan fingerprint density at radius 2 is 2.10 bits per heavy atom. The predicted octanol–water partition coefficient (Wildman–Crippen LogP) is 2.35. The fourth-order valence-electron chi connectivity index (χ4n) is 2.51. The highest BCUT2D eigenvalue weighted by Crippen LogP contribution is 2.54. The van der Waals surface area contributed by atoms with Crippen molar-refractivity contribution in [1.29, 1.82) is 0 Å². The van der Waals surface area contributed by atoms with Crippen molar-refractivity contribution in [3.63, 3.8) is 0 Å². The first-order chi connectivity index (χ1) is 10.2. The van der Waals surface area contributed by atoms with E-state index in [9.17, 15) is 4.79 Å². The second-order valence-electron chi connectivity index (χ2n) is 5.12. The first-order valence-corrected chi connectivity index (χ1v) is 7.83. The van der Waals surface area contributed by atoms with Crippen LogP contribution in [0.4, 0.5) is 0 Å². The molecule has 1 fully saturated rings. The van der Waals surface area contributed by atoms with Gasteiger partial charge in [-0.25, -0.2) is 0 Å². The van der Waals surface area contributed by atoms with Gasteiger partial charge in [-0.05, 0) is 17.9 Å². The Hall–Kier alpha value is -1.82. The summed E-state index contributed by atoms with van der Waals surface area (Å²) in [7, 11) is 3.34. The van der Waals surface area contributed by atoms with E-state index in [2.05, 4.69) is 39.2 Å². The maximum Gasteiger partial charge on any atom is 0.316 e. The van der Waals surface area contributed by atoms with E-state index < -0.39 is 0 Å². The monoisotopic (exact) mass is 303 g/mol. The number of hydrogen-bond acceptors (Lipinski definition) is 5. The van der Waals surface area contributed by atoms with E-state index in [1.165, 1.54) is 24.4 Å². The molecule has 0 N–H and O–H groups in total. The Morgan fingerprint density at radius 1 is 1.33 bits per heavy atom. The van der Waals surface area contributed by atoms with Gasteiger partial charge in [-0.15, -0.1) is 10.2 Å². The number of esters is 1. The molecule has 1 aromatic carbocycles. The minimum absolute atomic E-state index is 0.252. The Balaban J connectivity index is 1.68. The van der Waals surface area contributed by atoms with Crippen LogP contribution in [0.15, 0.2) is 35.5 Å². The summed E-state index contributed by atoms with van der Waals surface area (Å²) in [5.74, 6) is 1.97. The lowest BCUT2D eigenvalue weighted by Gasteiger charge is -2.03. The number of nitrogens with zero attached hydrogens (tertiary/aromatic N) is 3. The average molecular weight is 303 g/mol. The molecular formula is C15H17N3O2S. The van der Waals surface area contributed by atoms with Crippen LogP contribution in [0.5, 0.6) is 0 Å². The molecule has 1 heterocycles. The number of carbonyl (C=O) groups excluding carboxylic acids is 1. The van der Waals surface area contributed by atoms with Crippen LogP contribution in [0.2, 0.25) is 0 Å². The lowest BCUT2D eigenvalue weighted by atomic mass is 10.1. The summed E-state index contributed by atoms with van der Waals surface area (Å²) >= 11 is 1.36. The smallest absolute Gasteiger partial charge is 0.316 e. The SMILES string of the molecule is COC(=O)CSc1nnc(C2CC2c2ccccc2)n1C. The second kappa shape index (κ2) is 5.89. The van der Waals surface area contributed by atoms with Gasteiger partial charge in [-0.2, -0.15) is 0 Å². The van der Waals surface area contributed by atoms with Crippen LogP contribution >= 0.6 is 11.8 Å². The fourth-order valence-corrected chi connectivity index (χ4v) is 3.26. The quantitative estimate of drug-likeness (QED) is 0.627. The van der Waals surface area contributed by atoms with Gasteiger partial charge in [-0.3, -0.25) is 4.79 Å². The summed E-state index contributed by atoms with van der Waals surface area (Å²) in [6.45, 7) is 0. The number of hydrogen-bond donors (Lipinski definition) is 0. The molecule has 2 atom stereocenters. The molecule has 0 saturated heterocycles. The summed E-state index contributed by atoms with van der Waals surface area (Å²) in [6.07, 6.45) is 1.11. The number of rotatable bonds is 5. The largest absolute Gasteiger partial charge is 0.468 e. The van der Waals surface area contributed by atoms with Crippen molar-refractivity contribution in [3.05, 3.63) is 41.7 Å². The third kappa shape index (κ3) is 2.95. The molecule has 110 valence electrons. The van der Waals surface area contributed by atoms with Gasteiger partial charge in [0, 0.05) is 13.0 Å². The normalized spacial score (nSPS) is 20.3. The summed E-state index contributed by atoms with van der Waals surface area (Å²) in [5.41, 5.74) is 1.36. The lowest BCUT2D eigenvalue weighted by molar-refractivity contribution is -0.137. The first kappa shape index (κ1) is 14.1. The molecule has 0 amide bonds. The van der Waals surface area contributed by atoms with Gasteiger partial charge in [0.25, 0.3) is 0 Å². The van der Waals surface area contributed by atoms with Gasteiger partial charge >= 0.3 is 5.97 Å². The van der Waals surface area contributed by atoms with E-state index in [0.29, 0.717) is 11.8 Å². The standard InChI is InChI=1S/C15H17N3O2S/c1-18-14(16-17-15(18)21-9-13(19)20-2)12-8-11(12)10-6-4-3-5-7-10/h3-7,11-12H,8-9H2,1-2H3. The Bertz CT molecular complexity index is 642. The third-order valence-electron chi connectivity index (χ3n) is 3.77. The molecule has 21 heavy (non-hydrogen) atoms. The fraction of sp³-hybridized carbons (Fsp3) is 0.400. The van der Waals surface area contributed by atoms with Crippen LogP contribution < -0.4 is 0 Å². The van der Waals surface area contributed by atoms with E-state index in [0.717, 1.165) is 17.4 Å². The molecule has 0 spiro atoms. The zero-order chi connectivity index (χ0) is 14.8. The molecular weight excluding hydrogens is 286 g/mol. The van der Waals surface area contributed by atoms with E-state index in [-0.39, 0.29) is 11.7 Å². The highest BCUT2D eigenvalue weighted by atomic mass is 32.2. The van der Waals surface area contributed by atoms with Crippen LogP contribution in [0.25, 0.3) is 0 Å². The maximum atomic E-state index is 11.2. The molecule has 0 aliphatic heterocycles. The molecule has 1 aliphatic carbocycles. The second-order valence-corrected chi connectivity index (χ2v) is 6.07. The van der Waals surface area contributed by atoms with Crippen molar-refractivity contribution < 1.29 is 9.53 Å². The molecule has 1 aliphatic rings. The Morgan fingerprint density at radius 3 is 2.81 bits per heavy atom. The summed E-state index contributed by atoms with van der Waals surface area (Å²) in [5, 5.41) is 9.24. The molecule has 3 rings (SSSR count). The summed E-state index contributed by atoms with van der Waals surface area (Å²) in [6, 6.07) is 10.5. The van der Waals surface area contributed by atoms with Gasteiger partial charge in [0.2, 0.25) is 0 Å². The Kier molecular flexibility index (Phi) is 3.96. The lowest BCUT2D eigenvalue weighted by Crippen LogP contribution is -2.05. The van der Waals surface area contributed by atoms with Crippen LogP contribution in [-0.4, -0.2) is 33.6 Å². The van der Waals surface area contributed by atoms with Crippen molar-refractivity contribution in [2.75, 3.05) is 12.9 Å². The maximum absolute atomic E-state index is 11.2. The van der Waals surface area contributed by atoms with Gasteiger partial charge < -0.3 is 9.30 Å². The van der Waals surface area contributed by atoms with Crippen LogP contribution in [0.1, 0.15) is 29.6 Å². The average Bonchev–Trinajstić information content (AvgIpc) is 3.23. The summed E-state index contributed by atoms with van der Waals surface area (Å²) in [4.78, 5) is 11.2. The van der Waals surface area contributed by atoms with Crippen LogP contribution in [0, 0.1) is 0 Å². The van der Waals surface area contributed by atoms with Crippen molar-refractivity contribution in [3.8, 4) is 0 Å². The zero-order valence-electron chi connectivity index (χ0n) is 12.0. The highest BCUT2D eigenvalue weighted by molar-refractivity contribution is 7.99. The van der Waals surface area contributed by atoms with Gasteiger partial charge in [0.15, 0.2) is 5.16 Å². The molecule has 5 nitrogen and oxygen atoms in total. The number of thioether (sulfide) groups is 1. The van der Waals surface area contributed by atoms with Gasteiger partial charge in [0.1, 0.15) is 5.82 Å². The minimum atomic E-state index is -0.252. The van der Waals surface area contributed by atoms with Crippen molar-refractivity contribution >= 4 is 17.7 Å².